The zero-order valence-electron chi connectivity index (χ0n) is 14.1. The van der Waals surface area contributed by atoms with E-state index in [2.05, 4.69) is 10.1 Å². The van der Waals surface area contributed by atoms with Crippen molar-refractivity contribution in [2.75, 3.05) is 18.8 Å². The molecule has 7 nitrogen and oxygen atoms in total. The first-order valence-corrected chi connectivity index (χ1v) is 8.11. The first kappa shape index (κ1) is 16.4. The maximum Gasteiger partial charge on any atom is 0.244 e. The Morgan fingerprint density at radius 3 is 2.58 bits per heavy atom. The highest BCUT2D eigenvalue weighted by Gasteiger charge is 2.36. The summed E-state index contributed by atoms with van der Waals surface area (Å²) >= 11 is 0. The summed E-state index contributed by atoms with van der Waals surface area (Å²) in [5.74, 6) is 0.446. The van der Waals surface area contributed by atoms with E-state index in [1.54, 1.807) is 17.2 Å². The topological polar surface area (TPSA) is 97.3 Å². The van der Waals surface area contributed by atoms with E-state index in [1.165, 1.54) is 4.68 Å². The minimum atomic E-state index is -0.966. The summed E-state index contributed by atoms with van der Waals surface area (Å²) in [5.41, 5.74) is 7.39. The van der Waals surface area contributed by atoms with Gasteiger partial charge in [0.15, 0.2) is 0 Å². The second-order valence-corrected chi connectivity index (χ2v) is 6.50. The number of hydrogen-bond acceptors (Lipinski definition) is 5. The molecule has 1 fully saturated rings. The standard InChI is InChI=1S/C17H23N5O2/c1-12-3-4-14(19-10-12)17(24)5-7-21(8-6-17)16(23)11-22-15(18)9-13(2)20-22/h3-4,9-10,24H,5-8,11,18H2,1-2H3. The third kappa shape index (κ3) is 3.26. The van der Waals surface area contributed by atoms with E-state index in [0.717, 1.165) is 11.3 Å². The van der Waals surface area contributed by atoms with Gasteiger partial charge in [0.25, 0.3) is 0 Å². The van der Waals surface area contributed by atoms with Gasteiger partial charge in [0, 0.05) is 25.4 Å². The van der Waals surface area contributed by atoms with Crippen molar-refractivity contribution in [3.8, 4) is 0 Å². The van der Waals surface area contributed by atoms with Crippen LogP contribution < -0.4 is 5.73 Å². The number of anilines is 1. The molecule has 0 atom stereocenters. The van der Waals surface area contributed by atoms with Crippen molar-refractivity contribution in [3.05, 3.63) is 41.3 Å². The molecule has 1 aliphatic heterocycles. The Labute approximate surface area is 141 Å². The normalized spacial score (nSPS) is 17.0. The zero-order valence-corrected chi connectivity index (χ0v) is 14.1. The second-order valence-electron chi connectivity index (χ2n) is 6.50. The number of amides is 1. The Hall–Kier alpha value is -2.41. The highest BCUT2D eigenvalue weighted by molar-refractivity contribution is 5.76. The van der Waals surface area contributed by atoms with Gasteiger partial charge in [-0.15, -0.1) is 0 Å². The molecule has 1 aliphatic rings. The lowest BCUT2D eigenvalue weighted by atomic mass is 9.87. The summed E-state index contributed by atoms with van der Waals surface area (Å²) in [6, 6.07) is 5.55. The number of aliphatic hydroxyl groups is 1. The summed E-state index contributed by atoms with van der Waals surface area (Å²) in [5, 5.41) is 15.0. The van der Waals surface area contributed by atoms with Crippen molar-refractivity contribution in [2.24, 2.45) is 0 Å². The summed E-state index contributed by atoms with van der Waals surface area (Å²) < 4.78 is 1.51. The van der Waals surface area contributed by atoms with Crippen LogP contribution in [-0.2, 0) is 16.9 Å². The number of aryl methyl sites for hydroxylation is 2. The fraction of sp³-hybridized carbons (Fsp3) is 0.471. The molecule has 0 saturated carbocycles. The fourth-order valence-corrected chi connectivity index (χ4v) is 3.05. The Morgan fingerprint density at radius 1 is 1.33 bits per heavy atom. The molecule has 0 radical (unpaired) electrons. The van der Waals surface area contributed by atoms with Crippen LogP contribution in [0.3, 0.4) is 0 Å². The molecule has 0 aliphatic carbocycles. The molecule has 7 heteroatoms. The number of likely N-dealkylation sites (tertiary alicyclic amines) is 1. The van der Waals surface area contributed by atoms with Crippen LogP contribution >= 0.6 is 0 Å². The SMILES string of the molecule is Cc1ccc(C2(O)CCN(C(=O)Cn3nc(C)cc3N)CC2)nc1. The first-order valence-electron chi connectivity index (χ1n) is 8.11. The number of nitrogens with zero attached hydrogens (tertiary/aromatic N) is 4. The van der Waals surface area contributed by atoms with Crippen LogP contribution in [0.1, 0.15) is 29.8 Å². The monoisotopic (exact) mass is 329 g/mol. The second kappa shape index (κ2) is 6.24. The van der Waals surface area contributed by atoms with Gasteiger partial charge in [0.1, 0.15) is 18.0 Å². The van der Waals surface area contributed by atoms with Gasteiger partial charge < -0.3 is 15.7 Å². The van der Waals surface area contributed by atoms with Crippen molar-refractivity contribution in [2.45, 2.75) is 38.8 Å². The van der Waals surface area contributed by atoms with Gasteiger partial charge >= 0.3 is 0 Å². The van der Waals surface area contributed by atoms with Gasteiger partial charge in [-0.3, -0.25) is 9.78 Å². The molecule has 0 spiro atoms. The summed E-state index contributed by atoms with van der Waals surface area (Å²) in [4.78, 5) is 18.5. The van der Waals surface area contributed by atoms with Crippen LogP contribution in [0.15, 0.2) is 24.4 Å². The van der Waals surface area contributed by atoms with E-state index in [-0.39, 0.29) is 12.5 Å². The van der Waals surface area contributed by atoms with E-state index < -0.39 is 5.60 Å². The lowest BCUT2D eigenvalue weighted by Crippen LogP contribution is -2.46. The van der Waals surface area contributed by atoms with Crippen molar-refractivity contribution >= 4 is 11.7 Å². The van der Waals surface area contributed by atoms with Gasteiger partial charge in [-0.25, -0.2) is 4.68 Å². The number of hydrogen-bond donors (Lipinski definition) is 2. The Bertz CT molecular complexity index is 730. The lowest BCUT2D eigenvalue weighted by Gasteiger charge is -2.37. The van der Waals surface area contributed by atoms with E-state index in [1.807, 2.05) is 26.0 Å². The third-order valence-electron chi connectivity index (χ3n) is 4.55. The molecule has 0 aromatic carbocycles. The smallest absolute Gasteiger partial charge is 0.244 e. The predicted molar refractivity (Wildman–Crippen MR) is 90.1 cm³/mol. The largest absolute Gasteiger partial charge is 0.384 e. The number of carbonyl (C=O) groups is 1. The minimum absolute atomic E-state index is 0.0382. The van der Waals surface area contributed by atoms with Gasteiger partial charge in [-0.05, 0) is 38.3 Å². The highest BCUT2D eigenvalue weighted by atomic mass is 16.3. The number of pyridine rings is 1. The van der Waals surface area contributed by atoms with Gasteiger partial charge in [0.05, 0.1) is 11.4 Å². The van der Waals surface area contributed by atoms with Crippen LogP contribution in [0, 0.1) is 13.8 Å². The Balaban J connectivity index is 1.63. The molecule has 3 rings (SSSR count). The summed E-state index contributed by atoms with van der Waals surface area (Å²) in [6.07, 6.45) is 2.71. The van der Waals surface area contributed by atoms with Crippen LogP contribution in [0.4, 0.5) is 5.82 Å². The zero-order chi connectivity index (χ0) is 17.3. The van der Waals surface area contributed by atoms with Gasteiger partial charge in [0.2, 0.25) is 5.91 Å². The number of rotatable bonds is 3. The third-order valence-corrected chi connectivity index (χ3v) is 4.55. The maximum atomic E-state index is 12.4. The molecule has 0 bridgehead atoms. The predicted octanol–water partition coefficient (Wildman–Crippen LogP) is 0.987. The first-order chi connectivity index (χ1) is 11.4. The van der Waals surface area contributed by atoms with Crippen molar-refractivity contribution in [1.29, 1.82) is 0 Å². The van der Waals surface area contributed by atoms with Crippen molar-refractivity contribution in [1.82, 2.24) is 19.7 Å². The molecule has 2 aromatic rings. The number of nitrogen functional groups attached to an aromatic ring is 1. The summed E-state index contributed by atoms with van der Waals surface area (Å²) in [6.45, 7) is 4.91. The molecule has 0 unspecified atom stereocenters. The summed E-state index contributed by atoms with van der Waals surface area (Å²) in [7, 11) is 0. The fourth-order valence-electron chi connectivity index (χ4n) is 3.05. The molecular weight excluding hydrogens is 306 g/mol. The average molecular weight is 329 g/mol. The Kier molecular flexibility index (Phi) is 4.28. The van der Waals surface area contributed by atoms with Gasteiger partial charge in [-0.2, -0.15) is 5.10 Å². The van der Waals surface area contributed by atoms with Crippen LogP contribution in [0.5, 0.6) is 0 Å². The molecule has 3 N–H and O–H groups in total. The molecule has 2 aromatic heterocycles. The molecule has 1 amide bonds. The molecular formula is C17H23N5O2. The van der Waals surface area contributed by atoms with Crippen LogP contribution in [0.25, 0.3) is 0 Å². The maximum absolute atomic E-state index is 12.4. The van der Waals surface area contributed by atoms with E-state index in [4.69, 9.17) is 5.73 Å². The quantitative estimate of drug-likeness (QED) is 0.875. The van der Waals surface area contributed by atoms with Crippen molar-refractivity contribution < 1.29 is 9.90 Å². The number of carbonyl (C=O) groups excluding carboxylic acids is 1. The lowest BCUT2D eigenvalue weighted by molar-refractivity contribution is -0.136. The van der Waals surface area contributed by atoms with Gasteiger partial charge in [-0.1, -0.05) is 6.07 Å². The van der Waals surface area contributed by atoms with E-state index in [0.29, 0.717) is 37.4 Å². The molecule has 24 heavy (non-hydrogen) atoms. The molecule has 1 saturated heterocycles. The van der Waals surface area contributed by atoms with Crippen LogP contribution in [-0.4, -0.2) is 43.8 Å². The van der Waals surface area contributed by atoms with E-state index in [9.17, 15) is 9.90 Å². The van der Waals surface area contributed by atoms with E-state index >= 15 is 0 Å². The highest BCUT2D eigenvalue weighted by Crippen LogP contribution is 2.31. The molecule has 3 heterocycles. The van der Waals surface area contributed by atoms with Crippen LogP contribution in [0.2, 0.25) is 0 Å². The minimum Gasteiger partial charge on any atom is -0.384 e. The number of piperidine rings is 1. The van der Waals surface area contributed by atoms with Crippen molar-refractivity contribution in [3.63, 3.8) is 0 Å². The average Bonchev–Trinajstić information content (AvgIpc) is 2.86. The number of nitrogens with two attached hydrogens (primary N) is 1. The Morgan fingerprint density at radius 2 is 2.04 bits per heavy atom. The number of aromatic nitrogens is 3. The molecule has 128 valence electrons.